The molecule has 0 amide bonds. The number of carbonyl (C=O) groups is 1. The van der Waals surface area contributed by atoms with Crippen LogP contribution < -0.4 is 0 Å². The van der Waals surface area contributed by atoms with Gasteiger partial charge in [0.25, 0.3) is 0 Å². The van der Waals surface area contributed by atoms with E-state index < -0.39 is 11.8 Å². The Kier molecular flexibility index (Phi) is 3.34. The molecule has 0 saturated carbocycles. The maximum atomic E-state index is 13.7. The summed E-state index contributed by atoms with van der Waals surface area (Å²) in [6.07, 6.45) is -0.180. The Morgan fingerprint density at radius 1 is 1.56 bits per heavy atom. The first-order chi connectivity index (χ1) is 8.49. The fraction of sp³-hybridized carbons (Fsp3) is 0.167. The van der Waals surface area contributed by atoms with Crippen LogP contribution in [0.15, 0.2) is 18.2 Å². The van der Waals surface area contributed by atoms with Crippen LogP contribution in [0.5, 0.6) is 0 Å². The second-order valence-electron chi connectivity index (χ2n) is 3.87. The second kappa shape index (κ2) is 4.78. The quantitative estimate of drug-likeness (QED) is 0.899. The standard InChI is InChI=1S/C12H10ClFN2O2/c1-6-10(5-11(17)18)15-16-12(6)8-4-7(13)2-3-9(8)14/h2-4H,5H2,1H3,(H,15,16)(H,17,18). The van der Waals surface area contributed by atoms with E-state index in [1.165, 1.54) is 18.2 Å². The van der Waals surface area contributed by atoms with Crippen molar-refractivity contribution in [3.63, 3.8) is 0 Å². The molecule has 6 heteroatoms. The Bertz CT molecular complexity index is 610. The van der Waals surface area contributed by atoms with Crippen molar-refractivity contribution in [3.05, 3.63) is 40.3 Å². The number of benzene rings is 1. The Hall–Kier alpha value is -1.88. The lowest BCUT2D eigenvalue weighted by atomic mass is 10.1. The van der Waals surface area contributed by atoms with Gasteiger partial charge in [-0.2, -0.15) is 5.10 Å². The first kappa shape index (κ1) is 12.6. The summed E-state index contributed by atoms with van der Waals surface area (Å²) < 4.78 is 13.7. The van der Waals surface area contributed by atoms with Gasteiger partial charge in [-0.15, -0.1) is 0 Å². The van der Waals surface area contributed by atoms with Crippen molar-refractivity contribution >= 4 is 17.6 Å². The van der Waals surface area contributed by atoms with Crippen LogP contribution in [0.2, 0.25) is 5.02 Å². The molecule has 0 radical (unpaired) electrons. The van der Waals surface area contributed by atoms with E-state index in [9.17, 15) is 9.18 Å². The van der Waals surface area contributed by atoms with Crippen molar-refractivity contribution in [2.24, 2.45) is 0 Å². The minimum Gasteiger partial charge on any atom is -0.481 e. The highest BCUT2D eigenvalue weighted by molar-refractivity contribution is 6.30. The topological polar surface area (TPSA) is 66.0 Å². The Balaban J connectivity index is 2.48. The highest BCUT2D eigenvalue weighted by atomic mass is 35.5. The summed E-state index contributed by atoms with van der Waals surface area (Å²) in [5.41, 5.74) is 1.70. The molecule has 2 aromatic rings. The van der Waals surface area contributed by atoms with E-state index in [0.29, 0.717) is 22.0 Å². The fourth-order valence-electron chi connectivity index (χ4n) is 1.70. The lowest BCUT2D eigenvalue weighted by molar-refractivity contribution is -0.136. The third-order valence-corrected chi connectivity index (χ3v) is 2.86. The largest absolute Gasteiger partial charge is 0.481 e. The van der Waals surface area contributed by atoms with Crippen LogP contribution >= 0.6 is 11.6 Å². The molecule has 0 atom stereocenters. The maximum absolute atomic E-state index is 13.7. The molecule has 0 unspecified atom stereocenters. The zero-order valence-corrected chi connectivity index (χ0v) is 10.3. The van der Waals surface area contributed by atoms with Gasteiger partial charge in [0.15, 0.2) is 0 Å². The number of rotatable bonds is 3. The van der Waals surface area contributed by atoms with E-state index in [4.69, 9.17) is 16.7 Å². The predicted molar refractivity (Wildman–Crippen MR) is 65.1 cm³/mol. The second-order valence-corrected chi connectivity index (χ2v) is 4.31. The number of hydrogen-bond donors (Lipinski definition) is 2. The molecule has 0 aliphatic heterocycles. The number of aromatic nitrogens is 2. The monoisotopic (exact) mass is 268 g/mol. The van der Waals surface area contributed by atoms with Crippen molar-refractivity contribution in [1.29, 1.82) is 0 Å². The molecule has 0 fully saturated rings. The van der Waals surface area contributed by atoms with Gasteiger partial charge in [0, 0.05) is 16.3 Å². The number of H-pyrrole nitrogens is 1. The average Bonchev–Trinajstić information content (AvgIpc) is 2.64. The third-order valence-electron chi connectivity index (χ3n) is 2.62. The van der Waals surface area contributed by atoms with Gasteiger partial charge in [-0.1, -0.05) is 11.6 Å². The van der Waals surface area contributed by atoms with Crippen molar-refractivity contribution < 1.29 is 14.3 Å². The average molecular weight is 269 g/mol. The molecule has 4 nitrogen and oxygen atoms in total. The van der Waals surface area contributed by atoms with Gasteiger partial charge in [-0.05, 0) is 30.7 Å². The zero-order valence-electron chi connectivity index (χ0n) is 9.50. The van der Waals surface area contributed by atoms with Crippen LogP contribution in [0.3, 0.4) is 0 Å². The molecule has 0 spiro atoms. The number of halogens is 2. The predicted octanol–water partition coefficient (Wildman–Crippen LogP) is 2.80. The summed E-state index contributed by atoms with van der Waals surface area (Å²) in [6, 6.07) is 4.16. The Morgan fingerprint density at radius 3 is 2.94 bits per heavy atom. The minimum atomic E-state index is -0.972. The number of hydrogen-bond acceptors (Lipinski definition) is 2. The van der Waals surface area contributed by atoms with Gasteiger partial charge in [0.2, 0.25) is 0 Å². The molecule has 0 aliphatic carbocycles. The van der Waals surface area contributed by atoms with Crippen LogP contribution in [0.25, 0.3) is 11.3 Å². The lowest BCUT2D eigenvalue weighted by Crippen LogP contribution is -2.01. The molecule has 18 heavy (non-hydrogen) atoms. The number of aromatic amines is 1. The number of nitrogens with zero attached hydrogens (tertiary/aromatic N) is 1. The van der Waals surface area contributed by atoms with Crippen molar-refractivity contribution in [3.8, 4) is 11.3 Å². The number of nitrogens with one attached hydrogen (secondary N) is 1. The van der Waals surface area contributed by atoms with Crippen LogP contribution in [-0.4, -0.2) is 21.3 Å². The molecule has 1 aromatic carbocycles. The van der Waals surface area contributed by atoms with Crippen LogP contribution in [-0.2, 0) is 11.2 Å². The summed E-state index contributed by atoms with van der Waals surface area (Å²) >= 11 is 5.81. The Labute approximate surface area is 107 Å². The molecule has 0 bridgehead atoms. The fourth-order valence-corrected chi connectivity index (χ4v) is 1.87. The molecule has 0 saturated heterocycles. The zero-order chi connectivity index (χ0) is 13.3. The SMILES string of the molecule is Cc1c(-c2cc(Cl)ccc2F)n[nH]c1CC(=O)O. The molecular formula is C12H10ClFN2O2. The highest BCUT2D eigenvalue weighted by Crippen LogP contribution is 2.28. The van der Waals surface area contributed by atoms with E-state index in [2.05, 4.69) is 10.2 Å². The first-order valence-electron chi connectivity index (χ1n) is 5.20. The van der Waals surface area contributed by atoms with E-state index in [1.807, 2.05) is 0 Å². The molecule has 0 aliphatic rings. The molecule has 2 N–H and O–H groups in total. The summed E-state index contributed by atoms with van der Waals surface area (Å²) in [5, 5.41) is 15.7. The number of aliphatic carboxylic acids is 1. The van der Waals surface area contributed by atoms with Gasteiger partial charge >= 0.3 is 5.97 Å². The first-order valence-corrected chi connectivity index (χ1v) is 5.58. The summed E-state index contributed by atoms with van der Waals surface area (Å²) in [6.45, 7) is 1.69. The minimum absolute atomic E-state index is 0.180. The third kappa shape index (κ3) is 2.36. The van der Waals surface area contributed by atoms with Gasteiger partial charge in [-0.3, -0.25) is 9.89 Å². The van der Waals surface area contributed by atoms with Gasteiger partial charge in [0.1, 0.15) is 5.82 Å². The molecule has 1 heterocycles. The number of carboxylic acid groups (broad SMARTS) is 1. The summed E-state index contributed by atoms with van der Waals surface area (Å²) in [4.78, 5) is 10.6. The van der Waals surface area contributed by atoms with E-state index >= 15 is 0 Å². The van der Waals surface area contributed by atoms with E-state index in [1.54, 1.807) is 6.92 Å². The molecule has 94 valence electrons. The van der Waals surface area contributed by atoms with Crippen LogP contribution in [0.4, 0.5) is 4.39 Å². The summed E-state index contributed by atoms with van der Waals surface area (Å²) in [7, 11) is 0. The van der Waals surface area contributed by atoms with Crippen molar-refractivity contribution in [2.45, 2.75) is 13.3 Å². The normalized spacial score (nSPS) is 10.6. The van der Waals surface area contributed by atoms with E-state index in [0.717, 1.165) is 0 Å². The van der Waals surface area contributed by atoms with Crippen LogP contribution in [0, 0.1) is 12.7 Å². The smallest absolute Gasteiger partial charge is 0.309 e. The highest BCUT2D eigenvalue weighted by Gasteiger charge is 2.16. The van der Waals surface area contributed by atoms with Crippen molar-refractivity contribution in [1.82, 2.24) is 10.2 Å². The Morgan fingerprint density at radius 2 is 2.28 bits per heavy atom. The van der Waals surface area contributed by atoms with Gasteiger partial charge < -0.3 is 5.11 Å². The van der Waals surface area contributed by atoms with Crippen LogP contribution in [0.1, 0.15) is 11.3 Å². The van der Waals surface area contributed by atoms with Gasteiger partial charge in [-0.25, -0.2) is 4.39 Å². The maximum Gasteiger partial charge on any atom is 0.309 e. The van der Waals surface area contributed by atoms with E-state index in [-0.39, 0.29) is 12.0 Å². The summed E-state index contributed by atoms with van der Waals surface area (Å²) in [5.74, 6) is -1.42. The van der Waals surface area contributed by atoms with Crippen molar-refractivity contribution in [2.75, 3.05) is 0 Å². The van der Waals surface area contributed by atoms with Gasteiger partial charge in [0.05, 0.1) is 12.1 Å². The molecule has 1 aromatic heterocycles. The molecule has 2 rings (SSSR count). The number of carboxylic acids is 1. The molecular weight excluding hydrogens is 259 g/mol. The lowest BCUT2D eigenvalue weighted by Gasteiger charge is -2.02.